The van der Waals surface area contributed by atoms with E-state index < -0.39 is 0 Å². The summed E-state index contributed by atoms with van der Waals surface area (Å²) in [6.45, 7) is 4.27. The van der Waals surface area contributed by atoms with E-state index in [1.54, 1.807) is 0 Å². The highest BCUT2D eigenvalue weighted by Crippen LogP contribution is 2.42. The van der Waals surface area contributed by atoms with Gasteiger partial charge in [0, 0.05) is 37.5 Å². The summed E-state index contributed by atoms with van der Waals surface area (Å²) in [4.78, 5) is 8.97. The van der Waals surface area contributed by atoms with Crippen LogP contribution in [0.25, 0.3) is 47.7 Å². The van der Waals surface area contributed by atoms with Crippen molar-refractivity contribution < 1.29 is 0 Å². The predicted octanol–water partition coefficient (Wildman–Crippen LogP) is 8.80. The maximum absolute atomic E-state index is 4.79. The molecule has 0 saturated heterocycles. The number of aromatic nitrogens is 1. The molecule has 0 aliphatic carbocycles. The van der Waals surface area contributed by atoms with Gasteiger partial charge in [0.2, 0.25) is 0 Å². The van der Waals surface area contributed by atoms with Gasteiger partial charge in [0.15, 0.2) is 5.84 Å². The predicted molar refractivity (Wildman–Crippen MR) is 160 cm³/mol. The highest BCUT2D eigenvalue weighted by Gasteiger charge is 2.17. The molecule has 0 atom stereocenters. The molecule has 7 aromatic rings. The third-order valence-corrected chi connectivity index (χ3v) is 8.13. The summed E-state index contributed by atoms with van der Waals surface area (Å²) in [7, 11) is 0. The first-order valence-corrected chi connectivity index (χ1v) is 13.1. The number of thiophene rings is 1. The second-order valence-corrected chi connectivity index (χ2v) is 10.2. The Hall–Kier alpha value is -4.54. The summed E-state index contributed by atoms with van der Waals surface area (Å²) in [6.07, 6.45) is 0. The van der Waals surface area contributed by atoms with Gasteiger partial charge in [-0.1, -0.05) is 91.0 Å². The Morgan fingerprint density at radius 2 is 1.46 bits per heavy atom. The lowest BCUT2D eigenvalue weighted by Crippen LogP contribution is -1.98. The fourth-order valence-corrected chi connectivity index (χ4v) is 6.52. The molecule has 2 heterocycles. The molecule has 3 nitrogen and oxygen atoms in total. The molecule has 0 bridgehead atoms. The van der Waals surface area contributed by atoms with Crippen LogP contribution in [0.5, 0.6) is 0 Å². The summed E-state index contributed by atoms with van der Waals surface area (Å²) in [5.41, 5.74) is 5.71. The highest BCUT2D eigenvalue weighted by atomic mass is 32.1. The second-order valence-electron chi connectivity index (χ2n) is 9.12. The minimum absolute atomic E-state index is 0.534. The van der Waals surface area contributed by atoms with Crippen LogP contribution >= 0.6 is 11.3 Å². The van der Waals surface area contributed by atoms with Crippen LogP contribution in [0.2, 0.25) is 0 Å². The van der Waals surface area contributed by atoms with Crippen LogP contribution in [0.3, 0.4) is 0 Å². The average molecular weight is 494 g/mol. The molecule has 0 spiro atoms. The average Bonchev–Trinajstić information content (AvgIpc) is 3.50. The molecule has 0 aliphatic rings. The first-order chi connectivity index (χ1) is 18.3. The van der Waals surface area contributed by atoms with Crippen LogP contribution in [0.1, 0.15) is 11.1 Å². The maximum atomic E-state index is 4.79. The first kappa shape index (κ1) is 21.7. The van der Waals surface area contributed by atoms with Gasteiger partial charge < -0.3 is 4.57 Å². The Kier molecular flexibility index (Phi) is 5.19. The lowest BCUT2D eigenvalue weighted by Gasteiger charge is -2.10. The lowest BCUT2D eigenvalue weighted by atomic mass is 10.1. The van der Waals surface area contributed by atoms with Gasteiger partial charge in [-0.25, -0.2) is 4.99 Å². The van der Waals surface area contributed by atoms with Crippen LogP contribution in [0.15, 0.2) is 125 Å². The van der Waals surface area contributed by atoms with Gasteiger partial charge in [0.25, 0.3) is 0 Å². The van der Waals surface area contributed by atoms with Crippen molar-refractivity contribution in [2.75, 3.05) is 0 Å². The third-order valence-electron chi connectivity index (χ3n) is 6.94. The Labute approximate surface area is 218 Å². The molecule has 0 saturated carbocycles. The number of aliphatic imine (C=N–C) groups is 2. The molecule has 0 unspecified atom stereocenters. The van der Waals surface area contributed by atoms with Gasteiger partial charge in [-0.15, -0.1) is 11.3 Å². The van der Waals surface area contributed by atoms with E-state index in [2.05, 4.69) is 101 Å². The molecule has 4 heteroatoms. The Balaban J connectivity index is 1.43. The van der Waals surface area contributed by atoms with Gasteiger partial charge in [-0.2, -0.15) is 0 Å². The Bertz CT molecular complexity index is 1980. The molecule has 2 aromatic heterocycles. The summed E-state index contributed by atoms with van der Waals surface area (Å²) >= 11 is 1.87. The van der Waals surface area contributed by atoms with Gasteiger partial charge in [-0.05, 0) is 36.5 Å². The number of amidine groups is 1. The van der Waals surface area contributed by atoms with Crippen molar-refractivity contribution in [1.82, 2.24) is 4.57 Å². The molecule has 0 fully saturated rings. The largest absolute Gasteiger partial charge is 0.308 e. The molecular formula is C33H23N3S. The molecular weight excluding hydrogens is 470 g/mol. The van der Waals surface area contributed by atoms with Crippen molar-refractivity contribution in [3.05, 3.63) is 126 Å². The molecule has 176 valence electrons. The minimum atomic E-state index is 0.534. The molecule has 0 radical (unpaired) electrons. The van der Waals surface area contributed by atoms with Crippen LogP contribution in [-0.4, -0.2) is 17.1 Å². The number of hydrogen-bond donors (Lipinski definition) is 0. The summed E-state index contributed by atoms with van der Waals surface area (Å²) in [5.74, 6) is 0.662. The van der Waals surface area contributed by atoms with E-state index in [1.807, 2.05) is 41.7 Å². The van der Waals surface area contributed by atoms with E-state index in [1.165, 1.54) is 42.0 Å². The van der Waals surface area contributed by atoms with E-state index in [-0.39, 0.29) is 0 Å². The van der Waals surface area contributed by atoms with Crippen molar-refractivity contribution in [3.8, 4) is 5.69 Å². The molecule has 0 N–H and O–H groups in total. The van der Waals surface area contributed by atoms with Gasteiger partial charge in [0.05, 0.1) is 22.3 Å². The zero-order chi connectivity index (χ0) is 24.8. The smallest absolute Gasteiger partial charge is 0.154 e. The topological polar surface area (TPSA) is 29.6 Å². The zero-order valence-corrected chi connectivity index (χ0v) is 21.0. The third kappa shape index (κ3) is 3.57. The van der Waals surface area contributed by atoms with E-state index >= 15 is 0 Å². The first-order valence-electron chi connectivity index (χ1n) is 12.3. The fraction of sp³-hybridized carbons (Fsp3) is 0.0303. The highest BCUT2D eigenvalue weighted by molar-refractivity contribution is 7.26. The van der Waals surface area contributed by atoms with E-state index in [0.29, 0.717) is 12.4 Å². The summed E-state index contributed by atoms with van der Waals surface area (Å²) in [6, 6.07) is 40.6. The number of hydrogen-bond acceptors (Lipinski definition) is 2. The van der Waals surface area contributed by atoms with Crippen molar-refractivity contribution >= 4 is 65.9 Å². The zero-order valence-electron chi connectivity index (χ0n) is 20.1. The van der Waals surface area contributed by atoms with Crippen molar-refractivity contribution in [2.45, 2.75) is 6.54 Å². The quantitative estimate of drug-likeness (QED) is 0.173. The minimum Gasteiger partial charge on any atom is -0.308 e. The number of para-hydroxylation sites is 1. The maximum Gasteiger partial charge on any atom is 0.154 e. The van der Waals surface area contributed by atoms with Crippen LogP contribution in [0.4, 0.5) is 0 Å². The van der Waals surface area contributed by atoms with Crippen LogP contribution < -0.4 is 0 Å². The van der Waals surface area contributed by atoms with Gasteiger partial charge in [0.1, 0.15) is 0 Å². The number of rotatable bonds is 4. The molecule has 37 heavy (non-hydrogen) atoms. The molecule has 7 rings (SSSR count). The number of benzene rings is 5. The summed E-state index contributed by atoms with van der Waals surface area (Å²) < 4.78 is 5.05. The molecule has 0 amide bonds. The second kappa shape index (κ2) is 8.84. The Morgan fingerprint density at radius 3 is 2.32 bits per heavy atom. The van der Waals surface area contributed by atoms with Crippen molar-refractivity contribution in [1.29, 1.82) is 0 Å². The number of fused-ring (bicyclic) bond motifs is 7. The SMILES string of the molecule is C=NC(=NCc1cccc(-n2c3ccccc3c3ccc4c5ccccc5sc4c32)c1)c1ccccc1. The van der Waals surface area contributed by atoms with Gasteiger partial charge in [-0.3, -0.25) is 4.99 Å². The van der Waals surface area contributed by atoms with Crippen LogP contribution in [-0.2, 0) is 6.54 Å². The monoisotopic (exact) mass is 493 g/mol. The van der Waals surface area contributed by atoms with E-state index in [0.717, 1.165) is 16.8 Å². The normalized spacial score (nSPS) is 12.2. The van der Waals surface area contributed by atoms with Crippen molar-refractivity contribution in [2.24, 2.45) is 9.98 Å². The van der Waals surface area contributed by atoms with E-state index in [4.69, 9.17) is 4.99 Å². The standard InChI is InChI=1S/C33H23N3S/c1-34-33(23-11-3-2-4-12-23)35-21-22-10-9-13-24(20-22)36-29-16-7-5-14-25(29)27-18-19-28-26-15-6-8-17-30(26)37-32(28)31(27)36/h2-20H,1,21H2. The molecule has 0 aliphatic heterocycles. The fourth-order valence-electron chi connectivity index (χ4n) is 5.28. The Morgan fingerprint density at radius 1 is 0.703 bits per heavy atom. The van der Waals surface area contributed by atoms with Crippen LogP contribution in [0, 0.1) is 0 Å². The number of nitrogens with zero attached hydrogens (tertiary/aromatic N) is 3. The molecule has 5 aromatic carbocycles. The lowest BCUT2D eigenvalue weighted by molar-refractivity contribution is 1.05. The van der Waals surface area contributed by atoms with E-state index in [9.17, 15) is 0 Å². The van der Waals surface area contributed by atoms with Crippen molar-refractivity contribution in [3.63, 3.8) is 0 Å². The van der Waals surface area contributed by atoms with Gasteiger partial charge >= 0.3 is 0 Å². The summed E-state index contributed by atoms with van der Waals surface area (Å²) in [5, 5.41) is 5.17.